The smallest absolute Gasteiger partial charge is 0.163 e. The van der Waals surface area contributed by atoms with E-state index in [0.717, 1.165) is 0 Å². The van der Waals surface area contributed by atoms with Crippen LogP contribution < -0.4 is 4.74 Å². The Morgan fingerprint density at radius 1 is 1.56 bits per heavy atom. The number of Topliss-reactive ketones (excluding diaryl/α,β-unsaturated/α-hetero) is 1. The van der Waals surface area contributed by atoms with Gasteiger partial charge in [-0.2, -0.15) is 5.26 Å². The first-order chi connectivity index (χ1) is 7.65. The number of hydrogen-bond donors (Lipinski definition) is 0. The highest BCUT2D eigenvalue weighted by atomic mass is 19.1. The standard InChI is InChI=1S/C12H12FNO2/c1-9(15)11-5-4-10(13)8-12(11)16-7-3-2-6-14/h4-5,8H,2-3,7H2,1H3. The largest absolute Gasteiger partial charge is 0.493 e. The number of carbonyl (C=O) groups excluding carboxylic acids is 1. The van der Waals surface area contributed by atoms with Crippen molar-refractivity contribution < 1.29 is 13.9 Å². The van der Waals surface area contributed by atoms with E-state index in [2.05, 4.69) is 0 Å². The van der Waals surface area contributed by atoms with Crippen LogP contribution in [0.3, 0.4) is 0 Å². The molecular formula is C12H12FNO2. The Morgan fingerprint density at radius 2 is 2.31 bits per heavy atom. The van der Waals surface area contributed by atoms with Crippen molar-refractivity contribution in [1.29, 1.82) is 5.26 Å². The number of ether oxygens (including phenoxy) is 1. The fourth-order valence-electron chi connectivity index (χ4n) is 1.24. The molecule has 0 saturated heterocycles. The SMILES string of the molecule is CC(=O)c1ccc(F)cc1OCCCC#N. The first kappa shape index (κ1) is 12.2. The average Bonchev–Trinajstić information content (AvgIpc) is 2.24. The third-order valence-electron chi connectivity index (χ3n) is 2.01. The molecule has 0 amide bonds. The minimum absolute atomic E-state index is 0.171. The van der Waals surface area contributed by atoms with Crippen LogP contribution in [-0.2, 0) is 0 Å². The predicted octanol–water partition coefficient (Wildman–Crippen LogP) is 2.71. The predicted molar refractivity (Wildman–Crippen MR) is 56.7 cm³/mol. The van der Waals surface area contributed by atoms with Crippen molar-refractivity contribution in [3.8, 4) is 11.8 Å². The Morgan fingerprint density at radius 3 is 2.94 bits per heavy atom. The number of benzene rings is 1. The molecule has 4 heteroatoms. The second kappa shape index (κ2) is 5.86. The highest BCUT2D eigenvalue weighted by Gasteiger charge is 2.09. The zero-order valence-electron chi connectivity index (χ0n) is 9.00. The monoisotopic (exact) mass is 221 g/mol. The molecule has 0 aliphatic heterocycles. The van der Waals surface area contributed by atoms with Crippen LogP contribution in [0, 0.1) is 17.1 Å². The molecule has 0 bridgehead atoms. The first-order valence-electron chi connectivity index (χ1n) is 4.95. The summed E-state index contributed by atoms with van der Waals surface area (Å²) in [5.74, 6) is -0.374. The van der Waals surface area contributed by atoms with Gasteiger partial charge in [-0.1, -0.05) is 0 Å². The summed E-state index contributed by atoms with van der Waals surface area (Å²) in [6.45, 7) is 1.70. The molecule has 0 spiro atoms. The third kappa shape index (κ3) is 3.35. The molecule has 16 heavy (non-hydrogen) atoms. The van der Waals surface area contributed by atoms with E-state index in [1.165, 1.54) is 25.1 Å². The summed E-state index contributed by atoms with van der Waals surface area (Å²) in [6.07, 6.45) is 0.940. The molecule has 0 heterocycles. The van der Waals surface area contributed by atoms with Gasteiger partial charge in [-0.25, -0.2) is 4.39 Å². The molecular weight excluding hydrogens is 209 g/mol. The Labute approximate surface area is 93.5 Å². The van der Waals surface area contributed by atoms with Crippen molar-refractivity contribution in [3.05, 3.63) is 29.6 Å². The van der Waals surface area contributed by atoms with Crippen LogP contribution in [0.25, 0.3) is 0 Å². The van der Waals surface area contributed by atoms with E-state index in [9.17, 15) is 9.18 Å². The molecule has 3 nitrogen and oxygen atoms in total. The van der Waals surface area contributed by atoms with Crippen molar-refractivity contribution in [2.75, 3.05) is 6.61 Å². The van der Waals surface area contributed by atoms with Crippen LogP contribution in [0.2, 0.25) is 0 Å². The zero-order valence-corrected chi connectivity index (χ0v) is 9.00. The number of nitrogens with zero attached hydrogens (tertiary/aromatic N) is 1. The van der Waals surface area contributed by atoms with Crippen LogP contribution in [0.15, 0.2) is 18.2 Å². The lowest BCUT2D eigenvalue weighted by molar-refractivity contribution is 0.101. The maximum Gasteiger partial charge on any atom is 0.163 e. The van der Waals surface area contributed by atoms with E-state index < -0.39 is 5.82 Å². The third-order valence-corrected chi connectivity index (χ3v) is 2.01. The van der Waals surface area contributed by atoms with Crippen LogP contribution in [0.1, 0.15) is 30.1 Å². The molecule has 0 fully saturated rings. The Hall–Kier alpha value is -1.89. The molecule has 0 unspecified atom stereocenters. The van der Waals surface area contributed by atoms with Crippen LogP contribution in [0.4, 0.5) is 4.39 Å². The molecule has 0 aliphatic carbocycles. The minimum Gasteiger partial charge on any atom is -0.493 e. The molecule has 0 N–H and O–H groups in total. The van der Waals surface area contributed by atoms with Gasteiger partial charge in [0, 0.05) is 12.5 Å². The molecule has 0 atom stereocenters. The van der Waals surface area contributed by atoms with Crippen LogP contribution >= 0.6 is 0 Å². The molecule has 1 aromatic carbocycles. The quantitative estimate of drug-likeness (QED) is 0.567. The van der Waals surface area contributed by atoms with Crippen molar-refractivity contribution >= 4 is 5.78 Å². The number of ketones is 1. The second-order valence-electron chi connectivity index (χ2n) is 3.31. The molecule has 1 aromatic rings. The van der Waals surface area contributed by atoms with Crippen molar-refractivity contribution in [2.45, 2.75) is 19.8 Å². The average molecular weight is 221 g/mol. The minimum atomic E-state index is -0.444. The van der Waals surface area contributed by atoms with Gasteiger partial charge in [0.05, 0.1) is 18.2 Å². The van der Waals surface area contributed by atoms with Crippen molar-refractivity contribution in [2.24, 2.45) is 0 Å². The summed E-state index contributed by atoms with van der Waals surface area (Å²) in [4.78, 5) is 11.2. The number of nitriles is 1. The summed E-state index contributed by atoms with van der Waals surface area (Å²) in [5.41, 5.74) is 0.360. The lowest BCUT2D eigenvalue weighted by Gasteiger charge is -2.08. The van der Waals surface area contributed by atoms with Gasteiger partial charge >= 0.3 is 0 Å². The van der Waals surface area contributed by atoms with E-state index in [0.29, 0.717) is 25.0 Å². The second-order valence-corrected chi connectivity index (χ2v) is 3.31. The summed E-state index contributed by atoms with van der Waals surface area (Å²) in [5, 5.41) is 8.33. The topological polar surface area (TPSA) is 50.1 Å². The van der Waals surface area contributed by atoms with Crippen molar-refractivity contribution in [3.63, 3.8) is 0 Å². The maximum absolute atomic E-state index is 12.9. The van der Waals surface area contributed by atoms with E-state index >= 15 is 0 Å². The number of carbonyl (C=O) groups is 1. The molecule has 1 rings (SSSR count). The van der Waals surface area contributed by atoms with Gasteiger partial charge in [0.2, 0.25) is 0 Å². The van der Waals surface area contributed by atoms with Gasteiger partial charge in [-0.05, 0) is 25.5 Å². The Balaban J connectivity index is 2.73. The number of hydrogen-bond acceptors (Lipinski definition) is 3. The highest BCUT2D eigenvalue weighted by molar-refractivity contribution is 5.96. The number of halogens is 1. The van der Waals surface area contributed by atoms with Crippen LogP contribution in [-0.4, -0.2) is 12.4 Å². The molecule has 0 radical (unpaired) electrons. The molecule has 0 aliphatic rings. The number of rotatable bonds is 5. The molecule has 84 valence electrons. The fraction of sp³-hybridized carbons (Fsp3) is 0.333. The lowest BCUT2D eigenvalue weighted by atomic mass is 10.1. The van der Waals surface area contributed by atoms with Gasteiger partial charge in [0.15, 0.2) is 5.78 Å². The van der Waals surface area contributed by atoms with Gasteiger partial charge in [0.25, 0.3) is 0 Å². The Kier molecular flexibility index (Phi) is 4.46. The maximum atomic E-state index is 12.9. The normalized spacial score (nSPS) is 9.56. The summed E-state index contributed by atoms with van der Waals surface area (Å²) < 4.78 is 18.2. The van der Waals surface area contributed by atoms with Gasteiger partial charge in [-0.3, -0.25) is 4.79 Å². The van der Waals surface area contributed by atoms with Gasteiger partial charge in [-0.15, -0.1) is 0 Å². The van der Waals surface area contributed by atoms with Crippen molar-refractivity contribution in [1.82, 2.24) is 0 Å². The summed E-state index contributed by atoms with van der Waals surface area (Å²) in [6, 6.07) is 5.79. The molecule has 0 saturated carbocycles. The number of unbranched alkanes of at least 4 members (excludes halogenated alkanes) is 1. The zero-order chi connectivity index (χ0) is 12.0. The first-order valence-corrected chi connectivity index (χ1v) is 4.95. The van der Waals surface area contributed by atoms with E-state index in [-0.39, 0.29) is 11.5 Å². The van der Waals surface area contributed by atoms with Gasteiger partial charge in [0.1, 0.15) is 11.6 Å². The highest BCUT2D eigenvalue weighted by Crippen LogP contribution is 2.20. The lowest BCUT2D eigenvalue weighted by Crippen LogP contribution is -2.03. The van der Waals surface area contributed by atoms with E-state index in [1.807, 2.05) is 6.07 Å². The van der Waals surface area contributed by atoms with Gasteiger partial charge < -0.3 is 4.74 Å². The van der Waals surface area contributed by atoms with E-state index in [4.69, 9.17) is 10.00 Å². The summed E-state index contributed by atoms with van der Waals surface area (Å²) >= 11 is 0. The van der Waals surface area contributed by atoms with E-state index in [1.54, 1.807) is 0 Å². The molecule has 0 aromatic heterocycles. The summed E-state index contributed by atoms with van der Waals surface area (Å²) in [7, 11) is 0. The van der Waals surface area contributed by atoms with Crippen LogP contribution in [0.5, 0.6) is 5.75 Å². The fourth-order valence-corrected chi connectivity index (χ4v) is 1.24. The Bertz CT molecular complexity index is 424.